The molecule has 12 aliphatic carbocycles. The summed E-state index contributed by atoms with van der Waals surface area (Å²) in [6.07, 6.45) is 19.9. The molecule has 16 rings (SSSR count). The van der Waals surface area contributed by atoms with Gasteiger partial charge in [-0.1, -0.05) is 122 Å². The topological polar surface area (TPSA) is 329 Å². The number of benzene rings is 4. The van der Waals surface area contributed by atoms with E-state index in [0.29, 0.717) is 83.8 Å². The summed E-state index contributed by atoms with van der Waals surface area (Å²) in [5, 5.41) is 80.3. The first-order valence-corrected chi connectivity index (χ1v) is 52.5. The summed E-state index contributed by atoms with van der Waals surface area (Å²) in [7, 11) is 0. The van der Waals surface area contributed by atoms with Crippen LogP contribution in [0.1, 0.15) is 222 Å². The third-order valence-corrected chi connectivity index (χ3v) is 26.5. The molecule has 0 heterocycles. The molecule has 25 heteroatoms. The molecular weight excluding hydrogens is 1940 g/mol. The van der Waals surface area contributed by atoms with E-state index < -0.39 is 56.9 Å². The van der Waals surface area contributed by atoms with Crippen LogP contribution in [0.2, 0.25) is 0 Å². The summed E-state index contributed by atoms with van der Waals surface area (Å²) < 4.78 is 45.6. The fourth-order valence-corrected chi connectivity index (χ4v) is 22.1. The zero-order valence-electron chi connectivity index (χ0n) is 62.1. The number of carbonyl (C=O) groups excluding carboxylic acids is 4. The summed E-state index contributed by atoms with van der Waals surface area (Å²) in [4.78, 5) is 46.4. The van der Waals surface area contributed by atoms with Gasteiger partial charge in [-0.25, -0.2) is 0 Å². The molecule has 15 unspecified atom stereocenters. The van der Waals surface area contributed by atoms with Crippen molar-refractivity contribution in [2.24, 2.45) is 69.0 Å². The van der Waals surface area contributed by atoms with Crippen LogP contribution in [0.3, 0.4) is 0 Å². The van der Waals surface area contributed by atoms with E-state index in [1.54, 1.807) is 17.2 Å². The Morgan fingerprint density at radius 2 is 0.897 bits per heavy atom. The van der Waals surface area contributed by atoms with E-state index in [2.05, 4.69) is 137 Å². The fraction of sp³-hybridized carbons (Fsp3) is 0.610. The Hall–Kier alpha value is -0.901. The van der Waals surface area contributed by atoms with Gasteiger partial charge in [0, 0.05) is 35.5 Å². The van der Waals surface area contributed by atoms with Crippen molar-refractivity contribution in [2.45, 2.75) is 247 Å². The van der Waals surface area contributed by atoms with Crippen LogP contribution in [-0.4, -0.2) is 103 Å². The van der Waals surface area contributed by atoms with Crippen molar-refractivity contribution >= 4 is 61.4 Å². The first-order valence-electron chi connectivity index (χ1n) is 35.8. The Morgan fingerprint density at radius 3 is 1.34 bits per heavy atom. The van der Waals surface area contributed by atoms with Crippen LogP contribution in [0.5, 0.6) is 11.5 Å². The molecule has 0 spiro atoms. The molecule has 0 bridgehead atoms. The Labute approximate surface area is 751 Å². The monoisotopic (exact) mass is 2050 g/mol. The Balaban J connectivity index is 0.000000285. The minimum atomic E-state index is -6.06. The number of esters is 2. The Morgan fingerprint density at radius 1 is 0.533 bits per heavy atom. The SMILES string of the molecule is C.C.C.CC(=O)OC1C=CC2C3CCc4cc(C)ccc4C3CC[C@]12C.CC(=O)OC1[C@H](O)[C@H](O)C2C3CCc4cc(C)ccc4C3CC[C@@]21C.C[C@]12CCC3c4ccc(O)cc4CCC3C1C=CC2=O.C[C@]12CCC3c4ccc(O)cc4CCC3C1[C@@H](O)[C@@H](O)C2O.I[I-]I.O=CO[O-].[H-].[K+].[K+].[O]=[Os](=[O])(=[O])=[O]. The predicted octanol–water partition coefficient (Wildman–Crippen LogP) is 5.19. The Bertz CT molecular complexity index is 4060. The number of fused-ring (bicyclic) bond motifs is 20. The van der Waals surface area contributed by atoms with Crippen LogP contribution in [0.25, 0.3) is 0 Å². The number of hydrogen-bond acceptors (Lipinski definition) is 19. The third kappa shape index (κ3) is 20.4. The maximum atomic E-state index is 12.2. The fourth-order valence-electron chi connectivity index (χ4n) is 22.1. The quantitative estimate of drug-likeness (QED) is 0.0264. The zero-order chi connectivity index (χ0) is 74.3. The number of halogens is 3. The molecule has 0 saturated heterocycles. The molecule has 0 amide bonds. The minimum absolute atomic E-state index is 0. The van der Waals surface area contributed by atoms with Gasteiger partial charge < -0.3 is 56.8 Å². The van der Waals surface area contributed by atoms with Crippen LogP contribution in [0, 0.1) is 82.9 Å². The number of ether oxygens (including phenoxy) is 2. The van der Waals surface area contributed by atoms with Crippen LogP contribution in [0.4, 0.5) is 0 Å². The average molecular weight is 2050 g/mol. The van der Waals surface area contributed by atoms with E-state index in [1.165, 1.54) is 77.6 Å². The van der Waals surface area contributed by atoms with E-state index in [-0.39, 0.29) is 185 Å². The van der Waals surface area contributed by atoms with Gasteiger partial charge in [-0.3, -0.25) is 19.2 Å². The van der Waals surface area contributed by atoms with Crippen molar-refractivity contribution in [3.8, 4) is 11.5 Å². The van der Waals surface area contributed by atoms with Crippen LogP contribution < -0.4 is 121 Å². The van der Waals surface area contributed by atoms with Gasteiger partial charge in [-0.15, -0.1) is 0 Å². The molecule has 586 valence electrons. The van der Waals surface area contributed by atoms with Crippen molar-refractivity contribution < 1.29 is 221 Å². The molecule has 107 heavy (non-hydrogen) atoms. The first kappa shape index (κ1) is 96.7. The Kier molecular flexibility index (Phi) is 36.4. The van der Waals surface area contributed by atoms with Crippen LogP contribution >= 0.6 is 37.2 Å². The number of carbonyl (C=O) groups is 4. The van der Waals surface area contributed by atoms with Crippen molar-refractivity contribution in [3.63, 3.8) is 0 Å². The van der Waals surface area contributed by atoms with Gasteiger partial charge >= 0.3 is 194 Å². The average Bonchev–Trinajstić information content (AvgIpc) is 1.54. The molecule has 4 aromatic rings. The van der Waals surface area contributed by atoms with E-state index >= 15 is 0 Å². The number of ketones is 1. The predicted molar refractivity (Wildman–Crippen MR) is 404 cm³/mol. The molecule has 0 radical (unpaired) electrons. The molecule has 4 aromatic carbocycles. The molecule has 0 aliphatic heterocycles. The normalized spacial score (nSPS) is 35.7. The second-order valence-electron chi connectivity index (χ2n) is 31.8. The second kappa shape index (κ2) is 40.3. The van der Waals surface area contributed by atoms with Gasteiger partial charge in [0.2, 0.25) is 0 Å². The van der Waals surface area contributed by atoms with Gasteiger partial charge in [0.25, 0.3) is 6.47 Å². The van der Waals surface area contributed by atoms with Crippen molar-refractivity contribution in [2.75, 3.05) is 0 Å². The van der Waals surface area contributed by atoms with Crippen LogP contribution in [-0.2, 0) is 88.2 Å². The number of hydrogen-bond donors (Lipinski definition) is 7. The number of aliphatic hydroxyl groups is 5. The van der Waals surface area contributed by atoms with Gasteiger partial charge in [-0.2, -0.15) is 0 Å². The third-order valence-electron chi connectivity index (χ3n) is 26.5. The van der Waals surface area contributed by atoms with Crippen molar-refractivity contribution in [1.29, 1.82) is 0 Å². The molecule has 7 N–H and O–H groups in total. The van der Waals surface area contributed by atoms with Crippen LogP contribution in [0.15, 0.2) is 97.1 Å². The molecular formula is C82H112I3K2O19Os-. The molecule has 0 aromatic heterocycles. The molecule has 6 fully saturated rings. The number of phenols is 2. The molecule has 6 saturated carbocycles. The van der Waals surface area contributed by atoms with E-state index in [9.17, 15) is 50.1 Å². The summed E-state index contributed by atoms with van der Waals surface area (Å²) in [6, 6.07) is 25.2. The first-order chi connectivity index (χ1) is 48.2. The summed E-state index contributed by atoms with van der Waals surface area (Å²) in [6.45, 7) is 15.6. The summed E-state index contributed by atoms with van der Waals surface area (Å²) in [5.74, 6) is 5.28. The van der Waals surface area contributed by atoms with Gasteiger partial charge in [-0.05, 0) is 269 Å². The summed E-state index contributed by atoms with van der Waals surface area (Å²) >= 11 is -0.756. The number of rotatable bonds is 3. The number of allylic oxidation sites excluding steroid dienone is 3. The van der Waals surface area contributed by atoms with Gasteiger partial charge in [0.05, 0.1) is 18.3 Å². The van der Waals surface area contributed by atoms with Gasteiger partial charge in [0.1, 0.15) is 35.9 Å². The van der Waals surface area contributed by atoms with E-state index in [0.717, 1.165) is 83.5 Å². The molecule has 19 nitrogen and oxygen atoms in total. The van der Waals surface area contributed by atoms with Crippen molar-refractivity contribution in [3.05, 3.63) is 153 Å². The van der Waals surface area contributed by atoms with E-state index in [4.69, 9.17) is 33.7 Å². The number of phenolic OH excluding ortho intramolecular Hbond substituents is 2. The number of aryl methyl sites for hydroxylation is 6. The standard InChI is InChI=1S/C21H28O4.C21H26O2.C18H24O4.C18H20O2.CH2O3.3CH4.I3.2K.4O.Os.H/c1-11-4-6-14-13(10-11)5-7-16-15(14)8-9-21(3)17(16)18(23)19(24)20(21)25-12(2)22;1-13-4-6-16-15(12-13)5-7-18-17(16)10-11-21(3)19(18)8-9-20(21)23-14(2)22;1-18-7-6-12-11-5-3-10(19)8-9(11)2-4-13(12)14(18)15(20)16(21)17(18)22;1-18-9-8-14-13-5-3-12(19)10-11(13)2-4-15(14)16(18)6-7-17(18)20;2-1-4-3;;;;1-3-2;;;;;;;;/h4,6,10,15-20,23-24H,5,7-9H2,1-3H3;4,6,8-9,12,17-20H,5,7,10-11H2,1-3H3;3,5,8,12-17,19-22H,2,4,6-7H2,1H3;3,5-7,10,14-16,19H,2,4,8-9H2,1H3;1,3H;3*1H4;;;;;;;;;/q;;;;;;;;-1;2*+1;;;;;;-1/p-1/t15?,16?,17?,18-,19-,20?,21+;17?,18?,19?,20?,21-;12?,13?,14?,15-,16-,17?,18+;14?,15?,16?,18-;;;;;;;;;;;;;/m1010............./s1. The van der Waals surface area contributed by atoms with Crippen molar-refractivity contribution in [1.82, 2.24) is 0 Å². The number of aliphatic hydroxyl groups excluding tert-OH is 5. The molecule has 12 aliphatic rings. The summed E-state index contributed by atoms with van der Waals surface area (Å²) in [5.41, 5.74) is 13.1. The molecule has 23 atom stereocenters. The maximum absolute atomic E-state index is 12.2. The second-order valence-corrected chi connectivity index (χ2v) is 50.6. The van der Waals surface area contributed by atoms with Gasteiger partial charge in [0.15, 0.2) is 5.78 Å². The van der Waals surface area contributed by atoms with E-state index in [1.807, 2.05) is 37.3 Å². The number of aromatic hydroxyl groups is 2. The zero-order valence-corrected chi connectivity index (χ0v) is 76.4.